The van der Waals surface area contributed by atoms with Crippen molar-refractivity contribution in [2.75, 3.05) is 31.6 Å². The second-order valence-electron chi connectivity index (χ2n) is 12.0. The Balaban J connectivity index is 1.27. The molecule has 178 valence electrons. The monoisotopic (exact) mass is 458 g/mol. The van der Waals surface area contributed by atoms with E-state index in [1.165, 1.54) is 62.7 Å². The van der Waals surface area contributed by atoms with Crippen molar-refractivity contribution in [1.82, 2.24) is 14.9 Å². The molecule has 4 bridgehead atoms. The number of benzene rings is 1. The van der Waals surface area contributed by atoms with Crippen molar-refractivity contribution in [3.63, 3.8) is 0 Å². The molecule has 6 nitrogen and oxygen atoms in total. The third-order valence-electron chi connectivity index (χ3n) is 10.9. The third kappa shape index (κ3) is 2.36. The Hall–Kier alpha value is -2.34. The molecule has 0 radical (unpaired) electrons. The fourth-order valence-corrected chi connectivity index (χ4v) is 9.76. The van der Waals surface area contributed by atoms with Crippen LogP contribution in [0.4, 0.5) is 5.95 Å². The van der Waals surface area contributed by atoms with E-state index in [0.29, 0.717) is 41.0 Å². The van der Waals surface area contributed by atoms with Gasteiger partial charge in [-0.3, -0.25) is 4.90 Å². The van der Waals surface area contributed by atoms with E-state index in [0.717, 1.165) is 24.8 Å². The Bertz CT molecular complexity index is 1170. The number of aromatic nitrogens is 2. The zero-order valence-corrected chi connectivity index (χ0v) is 20.0. The van der Waals surface area contributed by atoms with Crippen molar-refractivity contribution in [2.45, 2.75) is 62.4 Å². The van der Waals surface area contributed by atoms with Gasteiger partial charge in [0.1, 0.15) is 5.75 Å². The van der Waals surface area contributed by atoms with E-state index in [2.05, 4.69) is 26.9 Å². The van der Waals surface area contributed by atoms with E-state index in [1.807, 2.05) is 18.3 Å². The molecule has 6 heteroatoms. The summed E-state index contributed by atoms with van der Waals surface area (Å²) in [6.07, 6.45) is 10.9. The fourth-order valence-electron chi connectivity index (χ4n) is 9.76. The molecule has 2 aliphatic heterocycles. The average molecular weight is 459 g/mol. The number of methoxy groups -OCH3 is 1. The fraction of sp³-hybridized carbons (Fsp3) is 0.643. The number of anilines is 1. The van der Waals surface area contributed by atoms with Gasteiger partial charge in [-0.25, -0.2) is 4.98 Å². The van der Waals surface area contributed by atoms with Gasteiger partial charge in [-0.1, -0.05) is 6.07 Å². The molecule has 5 fully saturated rings. The third-order valence-corrected chi connectivity index (χ3v) is 10.9. The maximum Gasteiger partial charge on any atom is 0.228 e. The van der Waals surface area contributed by atoms with Crippen LogP contribution in [0.3, 0.4) is 0 Å². The first kappa shape index (κ1) is 19.9. The number of fused-ring (bicyclic) bond motifs is 1. The van der Waals surface area contributed by atoms with Gasteiger partial charge < -0.3 is 14.7 Å². The van der Waals surface area contributed by atoms with Crippen molar-refractivity contribution in [1.29, 1.82) is 0 Å². The van der Waals surface area contributed by atoms with Gasteiger partial charge in [-0.15, -0.1) is 0 Å². The summed E-state index contributed by atoms with van der Waals surface area (Å²) < 4.78 is 5.43. The van der Waals surface area contributed by atoms with Gasteiger partial charge in [0.15, 0.2) is 0 Å². The van der Waals surface area contributed by atoms with Crippen LogP contribution in [-0.2, 0) is 11.8 Å². The van der Waals surface area contributed by atoms with Crippen molar-refractivity contribution in [3.8, 4) is 11.6 Å². The molecule has 3 saturated carbocycles. The van der Waals surface area contributed by atoms with E-state index in [4.69, 9.17) is 9.72 Å². The number of hydrogen-bond acceptors (Lipinski definition) is 6. The average Bonchev–Trinajstić information content (AvgIpc) is 3.54. The molecule has 8 rings (SSSR count). The maximum absolute atomic E-state index is 10.6. The number of ether oxygens (including phenoxy) is 1. The molecule has 2 saturated heterocycles. The Labute approximate surface area is 201 Å². The Morgan fingerprint density at radius 1 is 1.18 bits per heavy atom. The second kappa shape index (κ2) is 6.66. The van der Waals surface area contributed by atoms with Crippen molar-refractivity contribution in [2.24, 2.45) is 23.2 Å². The van der Waals surface area contributed by atoms with E-state index >= 15 is 0 Å². The predicted molar refractivity (Wildman–Crippen MR) is 129 cm³/mol. The lowest BCUT2D eigenvalue weighted by Gasteiger charge is -2.66. The summed E-state index contributed by atoms with van der Waals surface area (Å²) in [5, 5.41) is 10.6. The van der Waals surface area contributed by atoms with Gasteiger partial charge in [0.2, 0.25) is 11.8 Å². The zero-order valence-electron chi connectivity index (χ0n) is 20.0. The summed E-state index contributed by atoms with van der Waals surface area (Å²) in [6.45, 7) is 3.57. The zero-order chi connectivity index (χ0) is 22.7. The molecule has 1 aromatic carbocycles. The van der Waals surface area contributed by atoms with Gasteiger partial charge in [0.25, 0.3) is 0 Å². The number of phenolic OH excluding ortho intramolecular Hbond substituents is 1. The molecule has 1 N–H and O–H groups in total. The predicted octanol–water partition coefficient (Wildman–Crippen LogP) is 3.77. The van der Waals surface area contributed by atoms with E-state index in [-0.39, 0.29) is 5.41 Å². The van der Waals surface area contributed by atoms with E-state index < -0.39 is 0 Å². The smallest absolute Gasteiger partial charge is 0.228 e. The Morgan fingerprint density at radius 3 is 2.94 bits per heavy atom. The number of rotatable bonds is 4. The Kier molecular flexibility index (Phi) is 3.90. The van der Waals surface area contributed by atoms with Crippen LogP contribution in [0.1, 0.15) is 49.7 Å². The lowest BCUT2D eigenvalue weighted by atomic mass is 9.43. The molecular weight excluding hydrogens is 424 g/mol. The summed E-state index contributed by atoms with van der Waals surface area (Å²) in [5.74, 6) is 4.13. The number of likely N-dealkylation sites (tertiary alicyclic amines) is 1. The van der Waals surface area contributed by atoms with Crippen molar-refractivity contribution < 1.29 is 9.84 Å². The molecule has 0 spiro atoms. The second-order valence-corrected chi connectivity index (χ2v) is 12.0. The van der Waals surface area contributed by atoms with Gasteiger partial charge in [-0.05, 0) is 97.9 Å². The minimum atomic E-state index is 0.172. The lowest BCUT2D eigenvalue weighted by molar-refractivity contribution is -0.0921. The van der Waals surface area contributed by atoms with Gasteiger partial charge in [0.05, 0.1) is 7.11 Å². The normalized spacial score (nSPS) is 39.6. The van der Waals surface area contributed by atoms with Gasteiger partial charge in [-0.2, -0.15) is 4.98 Å². The number of hydrogen-bond donors (Lipinski definition) is 1. The van der Waals surface area contributed by atoms with E-state index in [1.54, 1.807) is 7.11 Å². The molecule has 2 aromatic rings. The Morgan fingerprint density at radius 2 is 2.09 bits per heavy atom. The molecular formula is C28H34N4O2. The SMILES string of the molecule is COc1ccnc(N2C[C@H]3CC45CCC2C3C42CCN(CC3CC3)C5Cc3ccc(O)cc32)n1. The van der Waals surface area contributed by atoms with Crippen molar-refractivity contribution >= 4 is 5.95 Å². The topological polar surface area (TPSA) is 61.7 Å². The summed E-state index contributed by atoms with van der Waals surface area (Å²) in [5.41, 5.74) is 3.51. The van der Waals surface area contributed by atoms with Crippen LogP contribution < -0.4 is 9.64 Å². The van der Waals surface area contributed by atoms with Crippen LogP contribution in [0.25, 0.3) is 0 Å². The highest BCUT2D eigenvalue weighted by molar-refractivity contribution is 5.53. The highest BCUT2D eigenvalue weighted by Gasteiger charge is 2.76. The molecule has 4 aliphatic carbocycles. The largest absolute Gasteiger partial charge is 0.508 e. The molecule has 0 amide bonds. The molecule has 6 atom stereocenters. The summed E-state index contributed by atoms with van der Waals surface area (Å²) in [6, 6.07) is 9.29. The van der Waals surface area contributed by atoms with Crippen LogP contribution in [0.15, 0.2) is 30.5 Å². The first-order valence-electron chi connectivity index (χ1n) is 13.3. The lowest BCUT2D eigenvalue weighted by Crippen LogP contribution is -2.69. The number of piperidine rings is 1. The molecule has 6 aliphatic rings. The first-order chi connectivity index (χ1) is 16.6. The van der Waals surface area contributed by atoms with Crippen LogP contribution in [0, 0.1) is 23.2 Å². The van der Waals surface area contributed by atoms with E-state index in [9.17, 15) is 5.11 Å². The standard InChI is InChI=1S/C28H34N4O2/c1-34-24-7-10-29-26(30-24)32-16-19-14-27-8-6-22(32)25(19)28(27)9-11-31(15-17-2-3-17)23(27)12-18-4-5-20(33)13-21(18)28/h4-5,7,10,13,17,19,22-23,25,33H,2-3,6,8-9,11-12,14-16H2,1H3/t19-,22?,23?,25?,27?,28?/m1/s1. The number of phenols is 1. The highest BCUT2D eigenvalue weighted by Crippen LogP contribution is 2.75. The number of nitrogens with zero attached hydrogens (tertiary/aromatic N) is 4. The summed E-state index contributed by atoms with van der Waals surface area (Å²) in [7, 11) is 1.68. The minimum absolute atomic E-state index is 0.172. The summed E-state index contributed by atoms with van der Waals surface area (Å²) in [4.78, 5) is 14.9. The maximum atomic E-state index is 10.6. The van der Waals surface area contributed by atoms with Gasteiger partial charge in [0, 0.05) is 42.9 Å². The highest BCUT2D eigenvalue weighted by atomic mass is 16.5. The summed E-state index contributed by atoms with van der Waals surface area (Å²) >= 11 is 0. The molecule has 5 unspecified atom stereocenters. The van der Waals surface area contributed by atoms with Crippen LogP contribution in [0.2, 0.25) is 0 Å². The van der Waals surface area contributed by atoms with Crippen molar-refractivity contribution in [3.05, 3.63) is 41.6 Å². The first-order valence-corrected chi connectivity index (χ1v) is 13.3. The van der Waals surface area contributed by atoms with Crippen LogP contribution >= 0.6 is 0 Å². The molecule has 34 heavy (non-hydrogen) atoms. The molecule has 1 aromatic heterocycles. The minimum Gasteiger partial charge on any atom is -0.508 e. The van der Waals surface area contributed by atoms with Gasteiger partial charge >= 0.3 is 0 Å². The van der Waals surface area contributed by atoms with Crippen LogP contribution in [-0.4, -0.2) is 58.8 Å². The molecule has 3 heterocycles. The number of aromatic hydroxyl groups is 1. The van der Waals surface area contributed by atoms with Crippen LogP contribution in [0.5, 0.6) is 11.6 Å². The quantitative estimate of drug-likeness (QED) is 0.753.